The van der Waals surface area contributed by atoms with E-state index in [4.69, 9.17) is 0 Å². The number of aliphatic hydroxyl groups excluding tert-OH is 1. The van der Waals surface area contributed by atoms with Gasteiger partial charge in [0.05, 0.1) is 12.0 Å². The summed E-state index contributed by atoms with van der Waals surface area (Å²) in [5.74, 6) is -1.90. The summed E-state index contributed by atoms with van der Waals surface area (Å²) in [4.78, 5) is 13.1. The molecule has 0 spiro atoms. The second-order valence-corrected chi connectivity index (χ2v) is 4.52. The van der Waals surface area contributed by atoms with Gasteiger partial charge in [-0.05, 0) is 12.5 Å². The van der Waals surface area contributed by atoms with Crippen molar-refractivity contribution >= 4 is 5.91 Å². The molecule has 2 rings (SSSR count). The number of hydrogen-bond donors (Lipinski definition) is 1. The van der Waals surface area contributed by atoms with Gasteiger partial charge in [-0.1, -0.05) is 30.3 Å². The lowest BCUT2D eigenvalue weighted by Crippen LogP contribution is -2.32. The van der Waals surface area contributed by atoms with Gasteiger partial charge in [0.1, 0.15) is 6.10 Å². The van der Waals surface area contributed by atoms with Crippen LogP contribution in [0.5, 0.6) is 0 Å². The Hall–Kier alpha value is -1.49. The lowest BCUT2D eigenvalue weighted by molar-refractivity contribution is -0.137. The van der Waals surface area contributed by atoms with E-state index in [2.05, 4.69) is 0 Å². The molecule has 0 saturated carbocycles. The highest BCUT2D eigenvalue weighted by atomic mass is 19.3. The fourth-order valence-corrected chi connectivity index (χ4v) is 2.25. The smallest absolute Gasteiger partial charge is 0.252 e. The predicted molar refractivity (Wildman–Crippen MR) is 62.1 cm³/mol. The highest BCUT2D eigenvalue weighted by Crippen LogP contribution is 2.31. The molecule has 5 heteroatoms. The molecule has 1 N–H and O–H groups in total. The van der Waals surface area contributed by atoms with E-state index in [0.717, 1.165) is 5.56 Å². The number of alkyl halides is 2. The summed E-state index contributed by atoms with van der Waals surface area (Å²) in [5.41, 5.74) is 0.868. The quantitative estimate of drug-likeness (QED) is 0.895. The zero-order valence-corrected chi connectivity index (χ0v) is 9.96. The van der Waals surface area contributed by atoms with Gasteiger partial charge in [-0.2, -0.15) is 0 Å². The summed E-state index contributed by atoms with van der Waals surface area (Å²) in [6, 6.07) is 8.86. The zero-order chi connectivity index (χ0) is 13.3. The maximum atomic E-state index is 12.7. The van der Waals surface area contributed by atoms with Gasteiger partial charge in [-0.15, -0.1) is 0 Å². The third-order valence-electron chi connectivity index (χ3n) is 3.42. The first-order valence-corrected chi connectivity index (χ1v) is 5.84. The van der Waals surface area contributed by atoms with Gasteiger partial charge < -0.3 is 10.0 Å². The van der Waals surface area contributed by atoms with Crippen molar-refractivity contribution < 1.29 is 18.7 Å². The SMILES string of the molecule is C[C@H](c1ccccc1)N1CC(C(F)F)[C@@H](O)C1=O. The van der Waals surface area contributed by atoms with Crippen LogP contribution in [0.25, 0.3) is 0 Å². The van der Waals surface area contributed by atoms with E-state index >= 15 is 0 Å². The Bertz CT molecular complexity index is 424. The van der Waals surface area contributed by atoms with Crippen molar-refractivity contribution in [2.24, 2.45) is 5.92 Å². The molecule has 0 bridgehead atoms. The van der Waals surface area contributed by atoms with Crippen LogP contribution in [0.1, 0.15) is 18.5 Å². The van der Waals surface area contributed by atoms with E-state index in [9.17, 15) is 18.7 Å². The Morgan fingerprint density at radius 2 is 1.94 bits per heavy atom. The summed E-state index contributed by atoms with van der Waals surface area (Å²) >= 11 is 0. The number of benzene rings is 1. The largest absolute Gasteiger partial charge is 0.383 e. The number of carbonyl (C=O) groups excluding carboxylic acids is 1. The lowest BCUT2D eigenvalue weighted by Gasteiger charge is -2.25. The molecule has 0 aliphatic carbocycles. The summed E-state index contributed by atoms with van der Waals surface area (Å²) in [5, 5.41) is 9.52. The predicted octanol–water partition coefficient (Wildman–Crippen LogP) is 1.83. The summed E-state index contributed by atoms with van der Waals surface area (Å²) in [7, 11) is 0. The molecule has 0 radical (unpaired) electrons. The maximum Gasteiger partial charge on any atom is 0.252 e. The van der Waals surface area contributed by atoms with Crippen molar-refractivity contribution in [1.82, 2.24) is 4.90 Å². The molecular weight excluding hydrogens is 240 g/mol. The molecule has 1 heterocycles. The van der Waals surface area contributed by atoms with Crippen molar-refractivity contribution in [3.05, 3.63) is 35.9 Å². The Morgan fingerprint density at radius 1 is 1.33 bits per heavy atom. The number of hydrogen-bond acceptors (Lipinski definition) is 2. The molecule has 1 aliphatic heterocycles. The number of carbonyl (C=O) groups is 1. The summed E-state index contributed by atoms with van der Waals surface area (Å²) < 4.78 is 25.3. The van der Waals surface area contributed by atoms with Crippen LogP contribution >= 0.6 is 0 Å². The topological polar surface area (TPSA) is 40.5 Å². The van der Waals surface area contributed by atoms with Crippen LogP contribution < -0.4 is 0 Å². The van der Waals surface area contributed by atoms with Gasteiger partial charge in [0.15, 0.2) is 0 Å². The molecule has 0 aromatic heterocycles. The van der Waals surface area contributed by atoms with E-state index in [-0.39, 0.29) is 12.6 Å². The van der Waals surface area contributed by atoms with E-state index in [1.807, 2.05) is 30.3 Å². The average molecular weight is 255 g/mol. The molecule has 1 fully saturated rings. The van der Waals surface area contributed by atoms with Gasteiger partial charge in [0.25, 0.3) is 5.91 Å². The van der Waals surface area contributed by atoms with Crippen LogP contribution in [-0.4, -0.2) is 35.0 Å². The first-order chi connectivity index (χ1) is 8.52. The van der Waals surface area contributed by atoms with Gasteiger partial charge >= 0.3 is 0 Å². The van der Waals surface area contributed by atoms with E-state index in [1.165, 1.54) is 4.90 Å². The number of rotatable bonds is 3. The van der Waals surface area contributed by atoms with E-state index < -0.39 is 24.4 Å². The minimum absolute atomic E-state index is 0.103. The summed E-state index contributed by atoms with van der Waals surface area (Å²) in [6.07, 6.45) is -4.27. The van der Waals surface area contributed by atoms with Crippen molar-refractivity contribution in [3.8, 4) is 0 Å². The van der Waals surface area contributed by atoms with Crippen LogP contribution in [0.4, 0.5) is 8.78 Å². The minimum Gasteiger partial charge on any atom is -0.383 e. The molecule has 18 heavy (non-hydrogen) atoms. The molecule has 3 nitrogen and oxygen atoms in total. The first-order valence-electron chi connectivity index (χ1n) is 5.84. The molecule has 1 aliphatic rings. The second-order valence-electron chi connectivity index (χ2n) is 4.52. The minimum atomic E-state index is -2.68. The van der Waals surface area contributed by atoms with E-state index in [0.29, 0.717) is 0 Å². The number of aliphatic hydroxyl groups is 1. The van der Waals surface area contributed by atoms with Crippen LogP contribution in [-0.2, 0) is 4.79 Å². The van der Waals surface area contributed by atoms with Crippen LogP contribution in [0.15, 0.2) is 30.3 Å². The maximum absolute atomic E-state index is 12.7. The van der Waals surface area contributed by atoms with Crippen molar-refractivity contribution in [1.29, 1.82) is 0 Å². The first kappa shape index (κ1) is 13.0. The summed E-state index contributed by atoms with van der Waals surface area (Å²) in [6.45, 7) is 1.67. The molecule has 1 amide bonds. The van der Waals surface area contributed by atoms with Gasteiger partial charge in [0, 0.05) is 6.54 Å². The van der Waals surface area contributed by atoms with Crippen LogP contribution in [0.2, 0.25) is 0 Å². The number of nitrogens with zero attached hydrogens (tertiary/aromatic N) is 1. The Balaban J connectivity index is 2.18. The van der Waals surface area contributed by atoms with Crippen LogP contribution in [0.3, 0.4) is 0 Å². The number of likely N-dealkylation sites (tertiary alicyclic amines) is 1. The highest BCUT2D eigenvalue weighted by molar-refractivity contribution is 5.83. The molecule has 1 saturated heterocycles. The van der Waals surface area contributed by atoms with E-state index in [1.54, 1.807) is 6.92 Å². The average Bonchev–Trinajstić information content (AvgIpc) is 2.67. The molecule has 98 valence electrons. The lowest BCUT2D eigenvalue weighted by atomic mass is 10.1. The Labute approximate surface area is 104 Å². The molecule has 1 unspecified atom stereocenters. The number of halogens is 2. The molecule has 3 atom stereocenters. The molecule has 1 aromatic carbocycles. The Kier molecular flexibility index (Phi) is 3.61. The Morgan fingerprint density at radius 3 is 2.44 bits per heavy atom. The number of amides is 1. The third-order valence-corrected chi connectivity index (χ3v) is 3.42. The van der Waals surface area contributed by atoms with Gasteiger partial charge in [0.2, 0.25) is 6.43 Å². The normalized spacial score (nSPS) is 25.8. The van der Waals surface area contributed by atoms with Crippen molar-refractivity contribution in [3.63, 3.8) is 0 Å². The monoisotopic (exact) mass is 255 g/mol. The van der Waals surface area contributed by atoms with Crippen molar-refractivity contribution in [2.75, 3.05) is 6.54 Å². The van der Waals surface area contributed by atoms with Gasteiger partial charge in [-0.3, -0.25) is 4.79 Å². The van der Waals surface area contributed by atoms with Gasteiger partial charge in [-0.25, -0.2) is 8.78 Å². The fraction of sp³-hybridized carbons (Fsp3) is 0.462. The molecular formula is C13H15F2NO2. The highest BCUT2D eigenvalue weighted by Gasteiger charge is 2.45. The fourth-order valence-electron chi connectivity index (χ4n) is 2.25. The zero-order valence-electron chi connectivity index (χ0n) is 9.96. The van der Waals surface area contributed by atoms with Crippen LogP contribution in [0, 0.1) is 5.92 Å². The molecule has 1 aromatic rings. The second kappa shape index (κ2) is 5.02. The third kappa shape index (κ3) is 2.22. The van der Waals surface area contributed by atoms with Crippen molar-refractivity contribution in [2.45, 2.75) is 25.5 Å². The standard InChI is InChI=1S/C13H15F2NO2/c1-8(9-5-3-2-4-6-9)16-7-10(12(14)15)11(17)13(16)18/h2-6,8,10-12,17H,7H2,1H3/t8-,10?,11-/m1/s1.